The van der Waals surface area contributed by atoms with Crippen LogP contribution < -0.4 is 5.43 Å². The minimum Gasteiger partial charge on any atom is -0.347 e. The molecule has 1 amide bonds. The molecular weight excluding hydrogens is 264 g/mol. The van der Waals surface area contributed by atoms with Gasteiger partial charge in [0.2, 0.25) is 5.43 Å². The Hall–Kier alpha value is -1.81. The van der Waals surface area contributed by atoms with Crippen LogP contribution in [0.25, 0.3) is 10.9 Å². The summed E-state index contributed by atoms with van der Waals surface area (Å²) in [6, 6.07) is 5.15. The molecule has 19 heavy (non-hydrogen) atoms. The van der Waals surface area contributed by atoms with Gasteiger partial charge in [-0.3, -0.25) is 9.59 Å². The maximum Gasteiger partial charge on any atom is 0.258 e. The summed E-state index contributed by atoms with van der Waals surface area (Å²) in [5.41, 5.74) is 0.676. The summed E-state index contributed by atoms with van der Waals surface area (Å²) in [7, 11) is 3.25. The third-order valence-corrected chi connectivity index (χ3v) is 3.25. The standard InChI is InChI=1S/C14H15ClN2O2/c1-4-17-8-11(14(19)16(2)3)13(18)10-7-9(15)5-6-12(10)17/h5-8H,4H2,1-3H3. The zero-order valence-electron chi connectivity index (χ0n) is 11.1. The van der Waals surface area contributed by atoms with Crippen molar-refractivity contribution in [2.24, 2.45) is 0 Å². The third-order valence-electron chi connectivity index (χ3n) is 3.02. The molecule has 0 bridgehead atoms. The third kappa shape index (κ3) is 2.36. The average molecular weight is 279 g/mol. The number of pyridine rings is 1. The average Bonchev–Trinajstić information content (AvgIpc) is 2.39. The fraction of sp³-hybridized carbons (Fsp3) is 0.286. The fourth-order valence-corrected chi connectivity index (χ4v) is 2.20. The first-order valence-electron chi connectivity index (χ1n) is 6.00. The number of nitrogens with zero attached hydrogens (tertiary/aromatic N) is 2. The lowest BCUT2D eigenvalue weighted by molar-refractivity contribution is 0.0826. The van der Waals surface area contributed by atoms with Gasteiger partial charge in [-0.05, 0) is 25.1 Å². The number of amides is 1. The smallest absolute Gasteiger partial charge is 0.258 e. The molecule has 0 aliphatic heterocycles. The van der Waals surface area contributed by atoms with Crippen LogP contribution in [-0.4, -0.2) is 29.5 Å². The Morgan fingerprint density at radius 2 is 2.05 bits per heavy atom. The number of benzene rings is 1. The highest BCUT2D eigenvalue weighted by Crippen LogP contribution is 2.18. The summed E-state index contributed by atoms with van der Waals surface area (Å²) >= 11 is 5.94. The van der Waals surface area contributed by atoms with Crippen molar-refractivity contribution in [2.75, 3.05) is 14.1 Å². The molecule has 0 N–H and O–H groups in total. The minimum atomic E-state index is -0.297. The molecule has 1 heterocycles. The quantitative estimate of drug-likeness (QED) is 0.846. The molecular formula is C14H15ClN2O2. The molecule has 5 heteroatoms. The molecule has 0 saturated carbocycles. The van der Waals surface area contributed by atoms with E-state index in [0.29, 0.717) is 17.0 Å². The Morgan fingerprint density at radius 1 is 1.37 bits per heavy atom. The van der Waals surface area contributed by atoms with Gasteiger partial charge in [-0.15, -0.1) is 0 Å². The molecule has 1 aromatic carbocycles. The number of carbonyl (C=O) groups is 1. The van der Waals surface area contributed by atoms with Gasteiger partial charge in [0.25, 0.3) is 5.91 Å². The lowest BCUT2D eigenvalue weighted by Crippen LogP contribution is -2.28. The van der Waals surface area contributed by atoms with Gasteiger partial charge >= 0.3 is 0 Å². The number of hydrogen-bond donors (Lipinski definition) is 0. The number of aryl methyl sites for hydroxylation is 1. The number of aromatic nitrogens is 1. The second-order valence-corrected chi connectivity index (χ2v) is 4.96. The van der Waals surface area contributed by atoms with Crippen molar-refractivity contribution in [3.05, 3.63) is 45.2 Å². The van der Waals surface area contributed by atoms with Crippen LogP contribution in [0.2, 0.25) is 5.02 Å². The maximum atomic E-state index is 12.4. The van der Waals surface area contributed by atoms with E-state index in [4.69, 9.17) is 11.6 Å². The second-order valence-electron chi connectivity index (χ2n) is 4.52. The van der Waals surface area contributed by atoms with Gasteiger partial charge < -0.3 is 9.47 Å². The molecule has 0 aliphatic carbocycles. The molecule has 4 nitrogen and oxygen atoms in total. The number of fused-ring (bicyclic) bond motifs is 1. The summed E-state index contributed by atoms with van der Waals surface area (Å²) in [6.07, 6.45) is 1.61. The predicted octanol–water partition coefficient (Wildman–Crippen LogP) is 2.38. The van der Waals surface area contributed by atoms with Crippen LogP contribution >= 0.6 is 11.6 Å². The number of halogens is 1. The van der Waals surface area contributed by atoms with Crippen LogP contribution in [0.5, 0.6) is 0 Å². The summed E-state index contributed by atoms with van der Waals surface area (Å²) in [6.45, 7) is 2.63. The van der Waals surface area contributed by atoms with Gasteiger partial charge in [-0.25, -0.2) is 0 Å². The Balaban J connectivity index is 2.85. The van der Waals surface area contributed by atoms with Crippen LogP contribution in [0.3, 0.4) is 0 Å². The molecule has 0 aliphatic rings. The van der Waals surface area contributed by atoms with Gasteiger partial charge in [0.05, 0.1) is 5.52 Å². The van der Waals surface area contributed by atoms with E-state index in [1.807, 2.05) is 11.5 Å². The fourth-order valence-electron chi connectivity index (χ4n) is 2.02. The Morgan fingerprint density at radius 3 is 2.63 bits per heavy atom. The van der Waals surface area contributed by atoms with E-state index in [2.05, 4.69) is 0 Å². The normalized spacial score (nSPS) is 10.7. The van der Waals surface area contributed by atoms with Crippen molar-refractivity contribution in [1.29, 1.82) is 0 Å². The van der Waals surface area contributed by atoms with Gasteiger partial charge in [-0.2, -0.15) is 0 Å². The lowest BCUT2D eigenvalue weighted by atomic mass is 10.1. The molecule has 0 radical (unpaired) electrons. The van der Waals surface area contributed by atoms with Crippen molar-refractivity contribution < 1.29 is 4.79 Å². The van der Waals surface area contributed by atoms with Gasteiger partial charge in [0.1, 0.15) is 5.56 Å². The highest BCUT2D eigenvalue weighted by Gasteiger charge is 2.16. The first-order chi connectivity index (χ1) is 8.95. The Bertz CT molecular complexity index is 704. The molecule has 2 rings (SSSR count). The highest BCUT2D eigenvalue weighted by molar-refractivity contribution is 6.31. The molecule has 2 aromatic rings. The van der Waals surface area contributed by atoms with Crippen LogP contribution in [0.15, 0.2) is 29.2 Å². The highest BCUT2D eigenvalue weighted by atomic mass is 35.5. The van der Waals surface area contributed by atoms with E-state index in [0.717, 1.165) is 5.52 Å². The topological polar surface area (TPSA) is 42.3 Å². The van der Waals surface area contributed by atoms with Crippen molar-refractivity contribution in [3.8, 4) is 0 Å². The van der Waals surface area contributed by atoms with Crippen LogP contribution in [0, 0.1) is 0 Å². The lowest BCUT2D eigenvalue weighted by Gasteiger charge is -2.14. The molecule has 1 aromatic heterocycles. The monoisotopic (exact) mass is 278 g/mol. The zero-order chi connectivity index (χ0) is 14.2. The molecule has 0 unspecified atom stereocenters. The molecule has 100 valence electrons. The first kappa shape index (κ1) is 13.6. The van der Waals surface area contributed by atoms with Crippen molar-refractivity contribution in [1.82, 2.24) is 9.47 Å². The first-order valence-corrected chi connectivity index (χ1v) is 6.38. The zero-order valence-corrected chi connectivity index (χ0v) is 11.9. The van der Waals surface area contributed by atoms with E-state index in [1.54, 1.807) is 38.5 Å². The van der Waals surface area contributed by atoms with Crippen LogP contribution in [-0.2, 0) is 6.54 Å². The number of carbonyl (C=O) groups excluding carboxylic acids is 1. The number of rotatable bonds is 2. The Kier molecular flexibility index (Phi) is 3.62. The van der Waals surface area contributed by atoms with Gasteiger partial charge in [0.15, 0.2) is 0 Å². The van der Waals surface area contributed by atoms with E-state index in [-0.39, 0.29) is 16.9 Å². The van der Waals surface area contributed by atoms with Gasteiger partial charge in [-0.1, -0.05) is 11.6 Å². The SMILES string of the molecule is CCn1cc(C(=O)N(C)C)c(=O)c2cc(Cl)ccc21. The van der Waals surface area contributed by atoms with Crippen molar-refractivity contribution in [2.45, 2.75) is 13.5 Å². The molecule has 0 spiro atoms. The molecule has 0 fully saturated rings. The predicted molar refractivity (Wildman–Crippen MR) is 76.9 cm³/mol. The maximum absolute atomic E-state index is 12.4. The van der Waals surface area contributed by atoms with E-state index < -0.39 is 0 Å². The van der Waals surface area contributed by atoms with Crippen LogP contribution in [0.4, 0.5) is 0 Å². The molecule has 0 atom stereocenters. The van der Waals surface area contributed by atoms with Gasteiger partial charge in [0, 0.05) is 37.2 Å². The summed E-state index contributed by atoms with van der Waals surface area (Å²) < 4.78 is 1.88. The Labute approximate surface area is 116 Å². The van der Waals surface area contributed by atoms with E-state index >= 15 is 0 Å². The van der Waals surface area contributed by atoms with Crippen LogP contribution in [0.1, 0.15) is 17.3 Å². The summed E-state index contributed by atoms with van der Waals surface area (Å²) in [5, 5.41) is 0.962. The summed E-state index contributed by atoms with van der Waals surface area (Å²) in [5.74, 6) is -0.297. The van der Waals surface area contributed by atoms with E-state index in [1.165, 1.54) is 4.90 Å². The minimum absolute atomic E-state index is 0.168. The molecule has 0 saturated heterocycles. The van der Waals surface area contributed by atoms with Crippen molar-refractivity contribution >= 4 is 28.4 Å². The summed E-state index contributed by atoms with van der Waals surface area (Å²) in [4.78, 5) is 25.8. The largest absolute Gasteiger partial charge is 0.347 e. The number of hydrogen-bond acceptors (Lipinski definition) is 2. The van der Waals surface area contributed by atoms with E-state index in [9.17, 15) is 9.59 Å². The van der Waals surface area contributed by atoms with Crippen molar-refractivity contribution in [3.63, 3.8) is 0 Å². The second kappa shape index (κ2) is 5.05.